The van der Waals surface area contributed by atoms with Gasteiger partial charge in [0.2, 0.25) is 17.7 Å². The van der Waals surface area contributed by atoms with Crippen LogP contribution in [0.5, 0.6) is 5.75 Å². The van der Waals surface area contributed by atoms with E-state index in [9.17, 15) is 14.0 Å². The number of amides is 2. The van der Waals surface area contributed by atoms with Crippen LogP contribution < -0.4 is 15.0 Å². The number of aromatic nitrogens is 5. The molecule has 2 fully saturated rings. The summed E-state index contributed by atoms with van der Waals surface area (Å²) < 4.78 is 22.6. The molecule has 3 aromatic rings. The molecule has 0 spiro atoms. The molecule has 2 atom stereocenters. The maximum absolute atomic E-state index is 15.0. The minimum absolute atomic E-state index is 0.0593. The van der Waals surface area contributed by atoms with Gasteiger partial charge in [-0.05, 0) is 88.3 Å². The number of piperidine rings is 1. The number of benzene rings is 1. The van der Waals surface area contributed by atoms with Gasteiger partial charge >= 0.3 is 0 Å². The number of carbonyl (C=O) groups is 2. The van der Waals surface area contributed by atoms with E-state index in [0.717, 1.165) is 55.7 Å². The van der Waals surface area contributed by atoms with Gasteiger partial charge in [0, 0.05) is 50.2 Å². The third kappa shape index (κ3) is 7.42. The van der Waals surface area contributed by atoms with Gasteiger partial charge in [-0.2, -0.15) is 0 Å². The summed E-state index contributed by atoms with van der Waals surface area (Å²) in [5.41, 5.74) is 1.00. The topological polar surface area (TPSA) is 118 Å². The smallest absolute Gasteiger partial charge is 0.289 e. The van der Waals surface area contributed by atoms with Gasteiger partial charge in [-0.15, -0.1) is 10.2 Å². The number of aryl methyl sites for hydroxylation is 1. The number of rotatable bonds is 9. The zero-order chi connectivity index (χ0) is 31.7. The lowest BCUT2D eigenvalue weighted by atomic mass is 9.90. The number of carbonyl (C=O) groups excluding carboxylic acids is 2. The maximum atomic E-state index is 15.0. The molecule has 1 aliphatic carbocycles. The number of halogens is 1. The maximum Gasteiger partial charge on any atom is 0.289 e. The Labute approximate surface area is 263 Å². The van der Waals surface area contributed by atoms with Gasteiger partial charge in [0.25, 0.3) is 5.91 Å². The van der Waals surface area contributed by atoms with Crippen LogP contribution in [0, 0.1) is 30.5 Å². The zero-order valence-electron chi connectivity index (χ0n) is 26.6. The van der Waals surface area contributed by atoms with Crippen molar-refractivity contribution in [3.05, 3.63) is 59.2 Å². The van der Waals surface area contributed by atoms with E-state index in [1.54, 1.807) is 21.6 Å². The molecule has 11 nitrogen and oxygen atoms in total. The number of nitrogens with zero attached hydrogens (tertiary/aromatic N) is 7. The molecule has 45 heavy (non-hydrogen) atoms. The van der Waals surface area contributed by atoms with Gasteiger partial charge < -0.3 is 24.4 Å². The fourth-order valence-electron chi connectivity index (χ4n) is 6.56. The van der Waals surface area contributed by atoms with Gasteiger partial charge in [-0.1, -0.05) is 6.07 Å². The molecule has 240 valence electrons. The third-order valence-electron chi connectivity index (χ3n) is 9.09. The highest BCUT2D eigenvalue weighted by atomic mass is 19.1. The fraction of sp³-hybridized carbons (Fsp3) is 0.576. The van der Waals surface area contributed by atoms with Crippen molar-refractivity contribution in [2.45, 2.75) is 78.4 Å². The number of anilines is 1. The molecule has 12 heteroatoms. The van der Waals surface area contributed by atoms with E-state index in [0.29, 0.717) is 42.8 Å². The van der Waals surface area contributed by atoms with E-state index in [1.165, 1.54) is 12.5 Å². The van der Waals surface area contributed by atoms with Crippen LogP contribution in [0.2, 0.25) is 0 Å². The highest BCUT2D eigenvalue weighted by Crippen LogP contribution is 2.49. The molecule has 1 saturated heterocycles. The lowest BCUT2D eigenvalue weighted by molar-refractivity contribution is -0.132. The Morgan fingerprint density at radius 2 is 1.82 bits per heavy atom. The van der Waals surface area contributed by atoms with Crippen LogP contribution in [0.1, 0.15) is 74.0 Å². The molecule has 1 saturated carbocycles. The van der Waals surface area contributed by atoms with Crippen molar-refractivity contribution in [3.63, 3.8) is 0 Å². The molecule has 3 aliphatic rings. The minimum atomic E-state index is -0.448. The van der Waals surface area contributed by atoms with Gasteiger partial charge in [-0.25, -0.2) is 14.4 Å². The van der Waals surface area contributed by atoms with Gasteiger partial charge in [0.05, 0.1) is 19.6 Å². The average molecular weight is 619 g/mol. The molecular weight excluding hydrogens is 575 g/mol. The predicted octanol–water partition coefficient (Wildman–Crippen LogP) is 3.95. The van der Waals surface area contributed by atoms with Crippen molar-refractivity contribution < 1.29 is 18.7 Å². The van der Waals surface area contributed by atoms with E-state index in [1.807, 2.05) is 40.1 Å². The molecule has 0 radical (unpaired) electrons. The first kappa shape index (κ1) is 30.9. The first-order valence-corrected chi connectivity index (χ1v) is 16.0. The molecular formula is C33H43FN8O3. The van der Waals surface area contributed by atoms with Crippen molar-refractivity contribution in [3.8, 4) is 5.75 Å². The first-order chi connectivity index (χ1) is 21.5. The molecule has 1 aromatic carbocycles. The average Bonchev–Trinajstić information content (AvgIpc) is 3.65. The van der Waals surface area contributed by atoms with E-state index in [2.05, 4.69) is 30.4 Å². The van der Waals surface area contributed by atoms with E-state index < -0.39 is 11.4 Å². The molecule has 2 aromatic heterocycles. The van der Waals surface area contributed by atoms with Crippen LogP contribution in [-0.2, 0) is 24.3 Å². The monoisotopic (exact) mass is 618 g/mol. The summed E-state index contributed by atoms with van der Waals surface area (Å²) in [7, 11) is 0. The van der Waals surface area contributed by atoms with E-state index >= 15 is 0 Å². The summed E-state index contributed by atoms with van der Waals surface area (Å²) in [4.78, 5) is 38.5. The quantitative estimate of drug-likeness (QED) is 0.383. The lowest BCUT2D eigenvalue weighted by Crippen LogP contribution is -2.43. The van der Waals surface area contributed by atoms with Crippen molar-refractivity contribution in [2.24, 2.45) is 17.8 Å². The zero-order valence-corrected chi connectivity index (χ0v) is 26.6. The predicted molar refractivity (Wildman–Crippen MR) is 166 cm³/mol. The number of nitrogens with one attached hydrogen (secondary N) is 1. The van der Waals surface area contributed by atoms with Crippen molar-refractivity contribution in [2.75, 3.05) is 31.1 Å². The van der Waals surface area contributed by atoms with Gasteiger partial charge in [-0.3, -0.25) is 9.59 Å². The summed E-state index contributed by atoms with van der Waals surface area (Å²) in [5, 5.41) is 11.1. The van der Waals surface area contributed by atoms with Gasteiger partial charge in [0.1, 0.15) is 11.6 Å². The Kier molecular flexibility index (Phi) is 8.74. The standard InChI is InChI=1S/C33H43FN8O3/c1-21-18-35-32(36-19-21)40-10-7-22(8-11-40)26-15-23(26)9-14-45-25-6-5-24(27(34)17-25)16-29(43)41-12-13-42-28(20-41)38-39-30(42)31(44)37-33(2,3)4/h5-6,17-19,22-23,26H,7-16,20H2,1-4H3,(H,37,44)/t23-,26-/m1/s1. The summed E-state index contributed by atoms with van der Waals surface area (Å²) in [6.45, 7) is 11.3. The van der Waals surface area contributed by atoms with E-state index in [-0.39, 0.29) is 30.6 Å². The van der Waals surface area contributed by atoms with Crippen LogP contribution in [0.25, 0.3) is 0 Å². The summed E-state index contributed by atoms with van der Waals surface area (Å²) in [5.74, 6) is 3.29. The number of hydrogen-bond acceptors (Lipinski definition) is 8. The highest BCUT2D eigenvalue weighted by molar-refractivity contribution is 5.91. The van der Waals surface area contributed by atoms with Crippen LogP contribution in [0.3, 0.4) is 0 Å². The summed E-state index contributed by atoms with van der Waals surface area (Å²) >= 11 is 0. The molecule has 0 unspecified atom stereocenters. The van der Waals surface area contributed by atoms with Crippen LogP contribution in [0.15, 0.2) is 30.6 Å². The normalized spacial score (nSPS) is 20.1. The third-order valence-corrected chi connectivity index (χ3v) is 9.09. The molecule has 6 rings (SSSR count). The highest BCUT2D eigenvalue weighted by Gasteiger charge is 2.43. The van der Waals surface area contributed by atoms with E-state index in [4.69, 9.17) is 4.74 Å². The second kappa shape index (κ2) is 12.7. The molecule has 2 aliphatic heterocycles. The number of hydrogen-bond donors (Lipinski definition) is 1. The fourth-order valence-corrected chi connectivity index (χ4v) is 6.56. The molecule has 1 N–H and O–H groups in total. The van der Waals surface area contributed by atoms with Crippen LogP contribution in [-0.4, -0.2) is 73.2 Å². The van der Waals surface area contributed by atoms with Crippen LogP contribution >= 0.6 is 0 Å². The Morgan fingerprint density at radius 1 is 1.07 bits per heavy atom. The summed E-state index contributed by atoms with van der Waals surface area (Å²) in [6, 6.07) is 4.75. The Balaban J connectivity index is 0.928. The Bertz CT molecular complexity index is 1530. The lowest BCUT2D eigenvalue weighted by Gasteiger charge is -2.32. The van der Waals surface area contributed by atoms with Crippen molar-refractivity contribution in [1.29, 1.82) is 0 Å². The second-order valence-electron chi connectivity index (χ2n) is 13.7. The summed E-state index contributed by atoms with van der Waals surface area (Å²) in [6.07, 6.45) is 8.23. The SMILES string of the molecule is Cc1cnc(N2CCC([C@H]3C[C@H]3CCOc3ccc(CC(=O)N4CCn5c(nnc5C(=O)NC(C)(C)C)C4)c(F)c3)CC2)nc1. The number of ether oxygens (including phenoxy) is 1. The largest absolute Gasteiger partial charge is 0.493 e. The first-order valence-electron chi connectivity index (χ1n) is 16.0. The minimum Gasteiger partial charge on any atom is -0.493 e. The Morgan fingerprint density at radius 3 is 2.53 bits per heavy atom. The van der Waals surface area contributed by atoms with Gasteiger partial charge in [0.15, 0.2) is 5.82 Å². The van der Waals surface area contributed by atoms with Crippen LogP contribution in [0.4, 0.5) is 10.3 Å². The van der Waals surface area contributed by atoms with Crippen molar-refractivity contribution >= 4 is 17.8 Å². The second-order valence-corrected chi connectivity index (χ2v) is 13.7. The number of fused-ring (bicyclic) bond motifs is 1. The molecule has 2 amide bonds. The Hall–Kier alpha value is -4.09. The van der Waals surface area contributed by atoms with Crippen molar-refractivity contribution in [1.82, 2.24) is 34.9 Å². The molecule has 4 heterocycles. The molecule has 0 bridgehead atoms.